The van der Waals surface area contributed by atoms with Gasteiger partial charge in [0.05, 0.1) is 25.6 Å². The third-order valence-electron chi connectivity index (χ3n) is 6.08. The maximum Gasteiger partial charge on any atom is 0.509 e. The van der Waals surface area contributed by atoms with Crippen LogP contribution < -0.4 is 4.74 Å². The number of carbonyl (C=O) groups is 3. The molecule has 1 amide bonds. The summed E-state index contributed by atoms with van der Waals surface area (Å²) in [4.78, 5) is 40.2. The maximum absolute atomic E-state index is 13.2. The minimum Gasteiger partial charge on any atom is -0.497 e. The molecular formula is C27H39NO8. The van der Waals surface area contributed by atoms with E-state index in [1.807, 2.05) is 24.3 Å². The van der Waals surface area contributed by atoms with Crippen molar-refractivity contribution in [3.8, 4) is 5.75 Å². The summed E-state index contributed by atoms with van der Waals surface area (Å²) in [6, 6.07) is 6.82. The maximum atomic E-state index is 13.2. The minimum absolute atomic E-state index is 0.0115. The molecule has 0 bridgehead atoms. The van der Waals surface area contributed by atoms with Gasteiger partial charge in [-0.3, -0.25) is 9.69 Å². The predicted octanol–water partition coefficient (Wildman–Crippen LogP) is 4.89. The van der Waals surface area contributed by atoms with Crippen LogP contribution in [0.3, 0.4) is 0 Å². The zero-order chi connectivity index (χ0) is 26.7. The van der Waals surface area contributed by atoms with E-state index in [-0.39, 0.29) is 18.4 Å². The van der Waals surface area contributed by atoms with E-state index in [1.165, 1.54) is 4.90 Å². The Morgan fingerprint density at radius 3 is 2.03 bits per heavy atom. The second-order valence-electron chi connectivity index (χ2n) is 11.4. The fraction of sp³-hybridized carbons (Fsp3) is 0.667. The molecular weight excluding hydrogens is 466 g/mol. The van der Waals surface area contributed by atoms with Gasteiger partial charge in [-0.05, 0) is 78.5 Å². The predicted molar refractivity (Wildman–Crippen MR) is 132 cm³/mol. The molecule has 9 nitrogen and oxygen atoms in total. The van der Waals surface area contributed by atoms with E-state index in [4.69, 9.17) is 23.7 Å². The fourth-order valence-corrected chi connectivity index (χ4v) is 4.15. The molecule has 1 aliphatic heterocycles. The first kappa shape index (κ1) is 27.6. The van der Waals surface area contributed by atoms with E-state index < -0.39 is 41.7 Å². The van der Waals surface area contributed by atoms with E-state index in [1.54, 1.807) is 48.7 Å². The molecule has 0 N–H and O–H groups in total. The number of hydrogen-bond donors (Lipinski definition) is 0. The lowest BCUT2D eigenvalue weighted by Gasteiger charge is -2.32. The molecule has 0 unspecified atom stereocenters. The van der Waals surface area contributed by atoms with Crippen LogP contribution in [0.25, 0.3) is 0 Å². The topological polar surface area (TPSA) is 101 Å². The van der Waals surface area contributed by atoms with Crippen LogP contribution in [-0.4, -0.2) is 66.2 Å². The lowest BCUT2D eigenvalue weighted by atomic mass is 9.85. The average Bonchev–Trinajstić information content (AvgIpc) is 3.01. The molecule has 36 heavy (non-hydrogen) atoms. The monoisotopic (exact) mass is 505 g/mol. The van der Waals surface area contributed by atoms with Crippen molar-refractivity contribution in [2.24, 2.45) is 5.92 Å². The van der Waals surface area contributed by atoms with Gasteiger partial charge in [-0.15, -0.1) is 0 Å². The molecule has 3 rings (SSSR count). The van der Waals surface area contributed by atoms with Crippen molar-refractivity contribution in [2.45, 2.75) is 96.7 Å². The standard InChI is InChI=1S/C27H39NO8/c1-26(2,3)35-24(30)28-16-21(33-25(31)36-27(4,5)6)22(34-23(29)18-9-8-10-18)20(28)15-17-11-13-19(32-7)14-12-17/h11-14,18,20-22H,8-10,15-16H2,1-7H3/t20-,21+,22+/m1/s1. The lowest BCUT2D eigenvalue weighted by molar-refractivity contribution is -0.163. The Labute approximate surface area is 213 Å². The normalized spacial score (nSPS) is 22.4. The fourth-order valence-electron chi connectivity index (χ4n) is 4.15. The molecule has 1 aromatic rings. The quantitative estimate of drug-likeness (QED) is 0.398. The van der Waals surface area contributed by atoms with Crippen molar-refractivity contribution < 1.29 is 38.1 Å². The molecule has 9 heteroatoms. The Morgan fingerprint density at radius 1 is 0.917 bits per heavy atom. The smallest absolute Gasteiger partial charge is 0.497 e. The molecule has 2 aliphatic rings. The summed E-state index contributed by atoms with van der Waals surface area (Å²) in [6.45, 7) is 10.5. The second kappa shape index (κ2) is 11.0. The number of benzene rings is 1. The van der Waals surface area contributed by atoms with E-state index in [0.717, 1.165) is 24.8 Å². The lowest BCUT2D eigenvalue weighted by Crippen LogP contribution is -2.46. The van der Waals surface area contributed by atoms with Crippen molar-refractivity contribution in [1.82, 2.24) is 4.90 Å². The first-order chi connectivity index (χ1) is 16.8. The van der Waals surface area contributed by atoms with Crippen LogP contribution in [0, 0.1) is 5.92 Å². The van der Waals surface area contributed by atoms with Crippen LogP contribution in [-0.2, 0) is 30.2 Å². The van der Waals surface area contributed by atoms with Gasteiger partial charge in [0, 0.05) is 0 Å². The number of amides is 1. The van der Waals surface area contributed by atoms with Crippen molar-refractivity contribution in [3.63, 3.8) is 0 Å². The summed E-state index contributed by atoms with van der Waals surface area (Å²) >= 11 is 0. The van der Waals surface area contributed by atoms with Gasteiger partial charge < -0.3 is 23.7 Å². The Kier molecular flexibility index (Phi) is 8.41. The van der Waals surface area contributed by atoms with Gasteiger partial charge in [-0.25, -0.2) is 9.59 Å². The average molecular weight is 506 g/mol. The summed E-state index contributed by atoms with van der Waals surface area (Å²) in [5, 5.41) is 0. The summed E-state index contributed by atoms with van der Waals surface area (Å²) in [5.74, 6) is 0.187. The number of hydrogen-bond acceptors (Lipinski definition) is 8. The molecule has 1 heterocycles. The summed E-state index contributed by atoms with van der Waals surface area (Å²) in [5.41, 5.74) is -0.595. The molecule has 1 aliphatic carbocycles. The Morgan fingerprint density at radius 2 is 1.53 bits per heavy atom. The van der Waals surface area contributed by atoms with Gasteiger partial charge in [0.15, 0.2) is 12.2 Å². The molecule has 1 saturated heterocycles. The van der Waals surface area contributed by atoms with Gasteiger partial charge in [0.2, 0.25) is 0 Å². The Bertz CT molecular complexity index is 927. The number of esters is 1. The summed E-state index contributed by atoms with van der Waals surface area (Å²) in [7, 11) is 1.59. The molecule has 0 spiro atoms. The molecule has 1 saturated carbocycles. The van der Waals surface area contributed by atoms with Gasteiger partial charge in [0.1, 0.15) is 17.0 Å². The van der Waals surface area contributed by atoms with Crippen LogP contribution >= 0.6 is 0 Å². The van der Waals surface area contributed by atoms with Crippen LogP contribution in [0.5, 0.6) is 5.75 Å². The Hall–Kier alpha value is -2.97. The van der Waals surface area contributed by atoms with Crippen molar-refractivity contribution in [2.75, 3.05) is 13.7 Å². The van der Waals surface area contributed by atoms with E-state index in [2.05, 4.69) is 0 Å². The highest BCUT2D eigenvalue weighted by atomic mass is 16.7. The first-order valence-corrected chi connectivity index (χ1v) is 12.5. The number of rotatable bonds is 6. The summed E-state index contributed by atoms with van der Waals surface area (Å²) in [6.07, 6.45) is -0.363. The van der Waals surface area contributed by atoms with Crippen molar-refractivity contribution in [3.05, 3.63) is 29.8 Å². The molecule has 200 valence electrons. The third kappa shape index (κ3) is 7.51. The number of nitrogens with zero attached hydrogens (tertiary/aromatic N) is 1. The van der Waals surface area contributed by atoms with E-state index >= 15 is 0 Å². The van der Waals surface area contributed by atoms with Crippen molar-refractivity contribution in [1.29, 1.82) is 0 Å². The molecule has 0 aromatic heterocycles. The first-order valence-electron chi connectivity index (χ1n) is 12.5. The van der Waals surface area contributed by atoms with Crippen molar-refractivity contribution >= 4 is 18.2 Å². The van der Waals surface area contributed by atoms with Crippen LogP contribution in [0.2, 0.25) is 0 Å². The minimum atomic E-state index is -0.903. The van der Waals surface area contributed by atoms with Gasteiger partial charge in [0.25, 0.3) is 0 Å². The summed E-state index contributed by atoms with van der Waals surface area (Å²) < 4.78 is 27.8. The molecule has 2 fully saturated rings. The number of methoxy groups -OCH3 is 1. The van der Waals surface area contributed by atoms with Crippen LogP contribution in [0.15, 0.2) is 24.3 Å². The number of ether oxygens (including phenoxy) is 5. The molecule has 3 atom stereocenters. The van der Waals surface area contributed by atoms with E-state index in [0.29, 0.717) is 12.2 Å². The number of likely N-dealkylation sites (tertiary alicyclic amines) is 1. The van der Waals surface area contributed by atoms with E-state index in [9.17, 15) is 14.4 Å². The highest BCUT2D eigenvalue weighted by molar-refractivity contribution is 5.74. The van der Waals surface area contributed by atoms with Crippen LogP contribution in [0.4, 0.5) is 9.59 Å². The van der Waals surface area contributed by atoms with Gasteiger partial charge >= 0.3 is 18.2 Å². The Balaban J connectivity index is 1.91. The highest BCUT2D eigenvalue weighted by Gasteiger charge is 2.50. The zero-order valence-corrected chi connectivity index (χ0v) is 22.4. The molecule has 0 radical (unpaired) electrons. The van der Waals surface area contributed by atoms with Gasteiger partial charge in [-0.2, -0.15) is 0 Å². The second-order valence-corrected chi connectivity index (χ2v) is 11.4. The molecule has 1 aromatic carbocycles. The number of carbonyl (C=O) groups excluding carboxylic acids is 3. The zero-order valence-electron chi connectivity index (χ0n) is 22.4. The largest absolute Gasteiger partial charge is 0.509 e. The van der Waals surface area contributed by atoms with Crippen LogP contribution in [0.1, 0.15) is 66.4 Å². The highest BCUT2D eigenvalue weighted by Crippen LogP contribution is 2.33. The van der Waals surface area contributed by atoms with Gasteiger partial charge in [-0.1, -0.05) is 18.6 Å². The SMILES string of the molecule is COc1ccc(C[C@@H]2[C@H](OC(=O)C3CCC3)[C@@H](OC(=O)OC(C)(C)C)CN2C(=O)OC(C)(C)C)cc1. The third-order valence-corrected chi connectivity index (χ3v) is 6.08.